The average molecular weight is 274 g/mol. The number of nitrogens with one attached hydrogen (secondary N) is 1. The van der Waals surface area contributed by atoms with Crippen LogP contribution in [0.2, 0.25) is 5.02 Å². The van der Waals surface area contributed by atoms with Crippen molar-refractivity contribution in [1.82, 2.24) is 9.97 Å². The summed E-state index contributed by atoms with van der Waals surface area (Å²) in [6.07, 6.45) is 1.71. The first-order valence-electron chi connectivity index (χ1n) is 6.02. The molecule has 2 heterocycles. The van der Waals surface area contributed by atoms with Crippen molar-refractivity contribution >= 4 is 28.5 Å². The Hall–Kier alpha value is -2.07. The molecule has 0 radical (unpaired) electrons. The SMILES string of the molecule is CCNc1nccc(-c2cc3cc(Cl)ccc3o2)n1. The summed E-state index contributed by atoms with van der Waals surface area (Å²) >= 11 is 5.96. The van der Waals surface area contributed by atoms with Crippen LogP contribution in [0.25, 0.3) is 22.4 Å². The van der Waals surface area contributed by atoms with E-state index in [1.807, 2.05) is 31.2 Å². The molecule has 0 bridgehead atoms. The van der Waals surface area contributed by atoms with Crippen LogP contribution in [0.3, 0.4) is 0 Å². The number of aromatic nitrogens is 2. The van der Waals surface area contributed by atoms with Crippen LogP contribution in [0.5, 0.6) is 0 Å². The molecule has 0 aliphatic rings. The maximum absolute atomic E-state index is 5.96. The summed E-state index contributed by atoms with van der Waals surface area (Å²) in [6, 6.07) is 9.28. The van der Waals surface area contributed by atoms with Crippen LogP contribution >= 0.6 is 11.6 Å². The van der Waals surface area contributed by atoms with E-state index in [9.17, 15) is 0 Å². The predicted octanol–water partition coefficient (Wildman–Crippen LogP) is 3.98. The van der Waals surface area contributed by atoms with Crippen LogP contribution < -0.4 is 5.32 Å². The molecule has 1 aromatic carbocycles. The standard InChI is InChI=1S/C14H12ClN3O/c1-2-16-14-17-6-5-11(18-14)13-8-9-7-10(15)3-4-12(9)19-13/h3-8H,2H2,1H3,(H,16,17,18). The van der Waals surface area contributed by atoms with Gasteiger partial charge in [-0.2, -0.15) is 0 Å². The van der Waals surface area contributed by atoms with E-state index in [4.69, 9.17) is 16.0 Å². The molecule has 3 aromatic rings. The van der Waals surface area contributed by atoms with Gasteiger partial charge in [0.05, 0.1) is 0 Å². The lowest BCUT2D eigenvalue weighted by atomic mass is 10.2. The van der Waals surface area contributed by atoms with E-state index in [2.05, 4.69) is 15.3 Å². The van der Waals surface area contributed by atoms with Crippen molar-refractivity contribution < 1.29 is 4.42 Å². The Morgan fingerprint density at radius 3 is 3.00 bits per heavy atom. The first-order valence-corrected chi connectivity index (χ1v) is 6.40. The van der Waals surface area contributed by atoms with E-state index < -0.39 is 0 Å². The number of halogens is 1. The van der Waals surface area contributed by atoms with Crippen LogP contribution in [0, 0.1) is 0 Å². The summed E-state index contributed by atoms with van der Waals surface area (Å²) in [5.74, 6) is 1.30. The molecule has 0 saturated heterocycles. The number of anilines is 1. The van der Waals surface area contributed by atoms with Crippen molar-refractivity contribution in [3.8, 4) is 11.5 Å². The molecule has 19 heavy (non-hydrogen) atoms. The number of fused-ring (bicyclic) bond motifs is 1. The van der Waals surface area contributed by atoms with Gasteiger partial charge in [0.15, 0.2) is 5.76 Å². The van der Waals surface area contributed by atoms with Crippen LogP contribution in [-0.4, -0.2) is 16.5 Å². The fraction of sp³-hybridized carbons (Fsp3) is 0.143. The number of nitrogens with zero attached hydrogens (tertiary/aromatic N) is 2. The van der Waals surface area contributed by atoms with Crippen molar-refractivity contribution in [3.63, 3.8) is 0 Å². The van der Waals surface area contributed by atoms with Gasteiger partial charge in [0.1, 0.15) is 11.3 Å². The van der Waals surface area contributed by atoms with Gasteiger partial charge < -0.3 is 9.73 Å². The third kappa shape index (κ3) is 2.39. The molecule has 0 fully saturated rings. The van der Waals surface area contributed by atoms with E-state index in [0.717, 1.165) is 23.2 Å². The van der Waals surface area contributed by atoms with Gasteiger partial charge in [-0.1, -0.05) is 11.6 Å². The van der Waals surface area contributed by atoms with Gasteiger partial charge in [-0.15, -0.1) is 0 Å². The van der Waals surface area contributed by atoms with E-state index >= 15 is 0 Å². The highest BCUT2D eigenvalue weighted by Crippen LogP contribution is 2.28. The molecule has 0 atom stereocenters. The first kappa shape index (κ1) is 12.0. The molecule has 2 aromatic heterocycles. The highest BCUT2D eigenvalue weighted by molar-refractivity contribution is 6.31. The summed E-state index contributed by atoms with van der Waals surface area (Å²) < 4.78 is 5.77. The van der Waals surface area contributed by atoms with Gasteiger partial charge in [-0.25, -0.2) is 9.97 Å². The Morgan fingerprint density at radius 1 is 1.26 bits per heavy atom. The number of rotatable bonds is 3. The lowest BCUT2D eigenvalue weighted by Gasteiger charge is -2.01. The molecular formula is C14H12ClN3O. The minimum absolute atomic E-state index is 0.596. The normalized spacial score (nSPS) is 10.8. The maximum atomic E-state index is 5.96. The summed E-state index contributed by atoms with van der Waals surface area (Å²) in [4.78, 5) is 8.54. The number of hydrogen-bond donors (Lipinski definition) is 1. The Labute approximate surface area is 115 Å². The van der Waals surface area contributed by atoms with Gasteiger partial charge in [0.25, 0.3) is 0 Å². The van der Waals surface area contributed by atoms with E-state index in [0.29, 0.717) is 16.7 Å². The lowest BCUT2D eigenvalue weighted by Crippen LogP contribution is -2.01. The molecule has 4 nitrogen and oxygen atoms in total. The summed E-state index contributed by atoms with van der Waals surface area (Å²) in [5.41, 5.74) is 1.54. The van der Waals surface area contributed by atoms with Crippen LogP contribution in [0.15, 0.2) is 40.9 Å². The fourth-order valence-electron chi connectivity index (χ4n) is 1.88. The van der Waals surface area contributed by atoms with Crippen LogP contribution in [-0.2, 0) is 0 Å². The molecule has 0 unspecified atom stereocenters. The lowest BCUT2D eigenvalue weighted by molar-refractivity contribution is 0.628. The highest BCUT2D eigenvalue weighted by atomic mass is 35.5. The van der Waals surface area contributed by atoms with Crippen molar-refractivity contribution in [1.29, 1.82) is 0 Å². The zero-order valence-corrected chi connectivity index (χ0v) is 11.1. The number of benzene rings is 1. The highest BCUT2D eigenvalue weighted by Gasteiger charge is 2.08. The Balaban J connectivity index is 2.05. The number of hydrogen-bond acceptors (Lipinski definition) is 4. The Kier molecular flexibility index (Phi) is 3.09. The minimum Gasteiger partial charge on any atom is -0.454 e. The van der Waals surface area contributed by atoms with E-state index in [1.165, 1.54) is 0 Å². The average Bonchev–Trinajstić information content (AvgIpc) is 2.82. The largest absolute Gasteiger partial charge is 0.454 e. The zero-order chi connectivity index (χ0) is 13.2. The van der Waals surface area contributed by atoms with Crippen LogP contribution in [0.4, 0.5) is 5.95 Å². The maximum Gasteiger partial charge on any atom is 0.223 e. The van der Waals surface area contributed by atoms with Crippen molar-refractivity contribution in [3.05, 3.63) is 41.6 Å². The molecule has 0 amide bonds. The second-order valence-electron chi connectivity index (χ2n) is 4.09. The Bertz CT molecular complexity index is 724. The van der Waals surface area contributed by atoms with Gasteiger partial charge in [-0.3, -0.25) is 0 Å². The molecule has 0 spiro atoms. The third-order valence-electron chi connectivity index (χ3n) is 2.72. The molecule has 1 N–H and O–H groups in total. The molecular weight excluding hydrogens is 262 g/mol. The summed E-state index contributed by atoms with van der Waals surface area (Å²) in [6.45, 7) is 2.78. The monoisotopic (exact) mass is 273 g/mol. The van der Waals surface area contributed by atoms with Gasteiger partial charge in [0, 0.05) is 23.2 Å². The first-order chi connectivity index (χ1) is 9.26. The molecule has 96 valence electrons. The van der Waals surface area contributed by atoms with Crippen molar-refractivity contribution in [2.24, 2.45) is 0 Å². The zero-order valence-electron chi connectivity index (χ0n) is 10.4. The van der Waals surface area contributed by atoms with Crippen molar-refractivity contribution in [2.75, 3.05) is 11.9 Å². The van der Waals surface area contributed by atoms with Gasteiger partial charge in [0.2, 0.25) is 5.95 Å². The third-order valence-corrected chi connectivity index (χ3v) is 2.96. The summed E-state index contributed by atoms with van der Waals surface area (Å²) in [7, 11) is 0. The topological polar surface area (TPSA) is 51.0 Å². The molecule has 0 aliphatic heterocycles. The second kappa shape index (κ2) is 4.90. The minimum atomic E-state index is 0.596. The van der Waals surface area contributed by atoms with Gasteiger partial charge >= 0.3 is 0 Å². The Morgan fingerprint density at radius 2 is 2.16 bits per heavy atom. The quantitative estimate of drug-likeness (QED) is 0.784. The van der Waals surface area contributed by atoms with Gasteiger partial charge in [-0.05, 0) is 37.3 Å². The predicted molar refractivity (Wildman–Crippen MR) is 76.4 cm³/mol. The molecule has 0 aliphatic carbocycles. The smallest absolute Gasteiger partial charge is 0.223 e. The van der Waals surface area contributed by atoms with E-state index in [1.54, 1.807) is 12.3 Å². The summed E-state index contributed by atoms with van der Waals surface area (Å²) in [5, 5.41) is 4.73. The molecule has 3 rings (SSSR count). The second-order valence-corrected chi connectivity index (χ2v) is 4.53. The molecule has 5 heteroatoms. The van der Waals surface area contributed by atoms with Crippen LogP contribution in [0.1, 0.15) is 6.92 Å². The number of furan rings is 1. The fourth-order valence-corrected chi connectivity index (χ4v) is 2.06. The van der Waals surface area contributed by atoms with E-state index in [-0.39, 0.29) is 0 Å². The molecule has 0 saturated carbocycles. The van der Waals surface area contributed by atoms with Crippen molar-refractivity contribution in [2.45, 2.75) is 6.92 Å².